The number of thiazole rings is 1. The topological polar surface area (TPSA) is 54.5 Å². The number of carbonyl (C=O) groups excluding carboxylic acids is 1. The molecule has 0 unspecified atom stereocenters. The van der Waals surface area contributed by atoms with Crippen molar-refractivity contribution in [2.75, 3.05) is 26.3 Å². The van der Waals surface area contributed by atoms with Crippen molar-refractivity contribution < 1.29 is 9.53 Å². The molecule has 0 aliphatic carbocycles. The molecule has 1 saturated heterocycles. The van der Waals surface area contributed by atoms with Crippen LogP contribution in [0.25, 0.3) is 0 Å². The predicted molar refractivity (Wildman–Crippen MR) is 104 cm³/mol. The minimum Gasteiger partial charge on any atom is -0.379 e. The Labute approximate surface area is 159 Å². The second-order valence-electron chi connectivity index (χ2n) is 6.57. The molecule has 1 aliphatic heterocycles. The van der Waals surface area contributed by atoms with Crippen molar-refractivity contribution in [1.29, 1.82) is 0 Å². The lowest BCUT2D eigenvalue weighted by atomic mass is 10.1. The zero-order valence-electron chi connectivity index (χ0n) is 15.4. The molecule has 3 rings (SSSR count). The number of rotatable bonds is 8. The fourth-order valence-corrected chi connectivity index (χ4v) is 3.68. The molecule has 0 spiro atoms. The van der Waals surface area contributed by atoms with Gasteiger partial charge in [-0.3, -0.25) is 9.69 Å². The summed E-state index contributed by atoms with van der Waals surface area (Å²) in [5.74, 6) is 0.0782. The molecule has 1 aromatic heterocycles. The summed E-state index contributed by atoms with van der Waals surface area (Å²) in [5.41, 5.74) is 3.62. The molecular formula is C20H27N3O2S. The summed E-state index contributed by atoms with van der Waals surface area (Å²) in [6.07, 6.45) is 2.33. The van der Waals surface area contributed by atoms with Gasteiger partial charge in [0.15, 0.2) is 0 Å². The number of carbonyl (C=O) groups is 1. The van der Waals surface area contributed by atoms with Crippen LogP contribution in [0.4, 0.5) is 0 Å². The summed E-state index contributed by atoms with van der Waals surface area (Å²) in [6, 6.07) is 8.51. The van der Waals surface area contributed by atoms with E-state index in [-0.39, 0.29) is 5.91 Å². The quantitative estimate of drug-likeness (QED) is 0.773. The van der Waals surface area contributed by atoms with Gasteiger partial charge in [-0.1, -0.05) is 31.2 Å². The highest BCUT2D eigenvalue weighted by Crippen LogP contribution is 2.13. The van der Waals surface area contributed by atoms with Gasteiger partial charge in [-0.05, 0) is 24.0 Å². The van der Waals surface area contributed by atoms with Crippen LogP contribution >= 0.6 is 11.3 Å². The number of benzene rings is 1. The van der Waals surface area contributed by atoms with Crippen molar-refractivity contribution in [1.82, 2.24) is 15.2 Å². The van der Waals surface area contributed by atoms with Gasteiger partial charge in [0.2, 0.25) is 5.91 Å². The van der Waals surface area contributed by atoms with Gasteiger partial charge in [0.25, 0.3) is 0 Å². The molecule has 26 heavy (non-hydrogen) atoms. The molecule has 1 amide bonds. The number of hydrogen-bond acceptors (Lipinski definition) is 5. The lowest BCUT2D eigenvalue weighted by Crippen LogP contribution is -2.35. The average Bonchev–Trinajstić information content (AvgIpc) is 3.13. The fourth-order valence-electron chi connectivity index (χ4n) is 2.95. The Morgan fingerprint density at radius 3 is 2.69 bits per heavy atom. The summed E-state index contributed by atoms with van der Waals surface area (Å²) in [5, 5.41) is 6.04. The Morgan fingerprint density at radius 1 is 1.23 bits per heavy atom. The van der Waals surface area contributed by atoms with Crippen LogP contribution in [0.3, 0.4) is 0 Å². The van der Waals surface area contributed by atoms with Gasteiger partial charge in [-0.25, -0.2) is 4.98 Å². The molecule has 5 nitrogen and oxygen atoms in total. The molecule has 2 heterocycles. The van der Waals surface area contributed by atoms with Crippen LogP contribution in [0.2, 0.25) is 0 Å². The van der Waals surface area contributed by atoms with Crippen LogP contribution in [0.15, 0.2) is 29.6 Å². The number of nitrogens with zero attached hydrogens (tertiary/aromatic N) is 2. The predicted octanol–water partition coefficient (Wildman–Crippen LogP) is 2.79. The second kappa shape index (κ2) is 9.80. The molecule has 0 saturated carbocycles. The van der Waals surface area contributed by atoms with E-state index in [4.69, 9.17) is 4.74 Å². The molecule has 0 bridgehead atoms. The van der Waals surface area contributed by atoms with Crippen molar-refractivity contribution in [2.24, 2.45) is 0 Å². The highest BCUT2D eigenvalue weighted by molar-refractivity contribution is 7.09. The molecule has 1 N–H and O–H groups in total. The average molecular weight is 374 g/mol. The normalized spacial score (nSPS) is 15.1. The zero-order valence-corrected chi connectivity index (χ0v) is 16.2. The summed E-state index contributed by atoms with van der Waals surface area (Å²) in [6.45, 7) is 7.05. The van der Waals surface area contributed by atoms with Gasteiger partial charge in [0, 0.05) is 31.4 Å². The van der Waals surface area contributed by atoms with Gasteiger partial charge in [-0.2, -0.15) is 0 Å². The van der Waals surface area contributed by atoms with E-state index < -0.39 is 0 Å². The van der Waals surface area contributed by atoms with Gasteiger partial charge < -0.3 is 10.1 Å². The molecule has 0 radical (unpaired) electrons. The maximum Gasteiger partial charge on any atom is 0.220 e. The second-order valence-corrected chi connectivity index (χ2v) is 7.51. The third-order valence-corrected chi connectivity index (χ3v) is 5.49. The van der Waals surface area contributed by atoms with Crippen molar-refractivity contribution >= 4 is 17.2 Å². The number of amides is 1. The summed E-state index contributed by atoms with van der Waals surface area (Å²) >= 11 is 1.61. The number of aryl methyl sites for hydroxylation is 2. The molecule has 1 aromatic carbocycles. The third kappa shape index (κ3) is 5.90. The van der Waals surface area contributed by atoms with Crippen LogP contribution in [-0.4, -0.2) is 42.1 Å². The van der Waals surface area contributed by atoms with Crippen LogP contribution < -0.4 is 5.32 Å². The Morgan fingerprint density at radius 2 is 1.96 bits per heavy atom. The molecule has 1 aliphatic rings. The smallest absolute Gasteiger partial charge is 0.220 e. The molecule has 2 aromatic rings. The molecule has 1 fully saturated rings. The van der Waals surface area contributed by atoms with E-state index in [1.807, 2.05) is 0 Å². The number of morpholine rings is 1. The van der Waals surface area contributed by atoms with Crippen molar-refractivity contribution in [3.8, 4) is 0 Å². The van der Waals surface area contributed by atoms with Gasteiger partial charge in [-0.15, -0.1) is 11.3 Å². The van der Waals surface area contributed by atoms with E-state index >= 15 is 0 Å². The molecule has 140 valence electrons. The molecule has 6 heteroatoms. The Balaban J connectivity index is 1.38. The van der Waals surface area contributed by atoms with Crippen molar-refractivity contribution in [3.05, 3.63) is 51.5 Å². The lowest BCUT2D eigenvalue weighted by molar-refractivity contribution is -0.121. The minimum atomic E-state index is 0.0782. The first-order valence-electron chi connectivity index (χ1n) is 9.31. The minimum absolute atomic E-state index is 0.0782. The summed E-state index contributed by atoms with van der Waals surface area (Å²) in [4.78, 5) is 19.1. The van der Waals surface area contributed by atoms with E-state index in [0.717, 1.165) is 56.4 Å². The number of ether oxygens (including phenoxy) is 1. The maximum absolute atomic E-state index is 12.1. The maximum atomic E-state index is 12.1. The summed E-state index contributed by atoms with van der Waals surface area (Å²) in [7, 11) is 0. The SMILES string of the molecule is CCc1ccc(CCC(=O)NCc2nc(CN3CCOCC3)cs2)cc1. The monoisotopic (exact) mass is 373 g/mol. The highest BCUT2D eigenvalue weighted by Gasteiger charge is 2.13. The molecular weight excluding hydrogens is 346 g/mol. The van der Waals surface area contributed by atoms with E-state index in [1.165, 1.54) is 11.1 Å². The Hall–Kier alpha value is -1.76. The summed E-state index contributed by atoms with van der Waals surface area (Å²) < 4.78 is 5.37. The van der Waals surface area contributed by atoms with Crippen LogP contribution in [0.1, 0.15) is 35.2 Å². The first kappa shape index (κ1) is 19.0. The fraction of sp³-hybridized carbons (Fsp3) is 0.500. The molecule has 0 atom stereocenters. The van der Waals surface area contributed by atoms with E-state index in [0.29, 0.717) is 13.0 Å². The first-order valence-corrected chi connectivity index (χ1v) is 10.2. The van der Waals surface area contributed by atoms with Crippen LogP contribution in [0, 0.1) is 0 Å². The Bertz CT molecular complexity index is 693. The lowest BCUT2D eigenvalue weighted by Gasteiger charge is -2.25. The van der Waals surface area contributed by atoms with Gasteiger partial charge >= 0.3 is 0 Å². The van der Waals surface area contributed by atoms with E-state index in [9.17, 15) is 4.79 Å². The number of nitrogens with one attached hydrogen (secondary N) is 1. The highest BCUT2D eigenvalue weighted by atomic mass is 32.1. The van der Waals surface area contributed by atoms with Crippen LogP contribution in [-0.2, 0) is 35.5 Å². The third-order valence-electron chi connectivity index (χ3n) is 4.60. The van der Waals surface area contributed by atoms with Gasteiger partial charge in [0.1, 0.15) is 5.01 Å². The standard InChI is InChI=1S/C20H27N3O2S/c1-2-16-3-5-17(6-4-16)7-8-19(24)21-13-20-22-18(15-26-20)14-23-9-11-25-12-10-23/h3-6,15H,2,7-14H2,1H3,(H,21,24). The van der Waals surface area contributed by atoms with Crippen molar-refractivity contribution in [2.45, 2.75) is 39.3 Å². The van der Waals surface area contributed by atoms with E-state index in [2.05, 4.69) is 51.8 Å². The zero-order chi connectivity index (χ0) is 18.2. The number of aromatic nitrogens is 1. The van der Waals surface area contributed by atoms with E-state index in [1.54, 1.807) is 11.3 Å². The largest absolute Gasteiger partial charge is 0.379 e. The van der Waals surface area contributed by atoms with Crippen LogP contribution in [0.5, 0.6) is 0 Å². The first-order chi connectivity index (χ1) is 12.7. The number of hydrogen-bond donors (Lipinski definition) is 1. The Kier molecular flexibility index (Phi) is 7.17. The van der Waals surface area contributed by atoms with Gasteiger partial charge in [0.05, 0.1) is 25.5 Å². The van der Waals surface area contributed by atoms with Crippen molar-refractivity contribution in [3.63, 3.8) is 0 Å².